The van der Waals surface area contributed by atoms with Crippen molar-refractivity contribution in [2.24, 2.45) is 0 Å². The van der Waals surface area contributed by atoms with Crippen LogP contribution < -0.4 is 5.32 Å². The molecule has 0 aliphatic carbocycles. The van der Waals surface area contributed by atoms with E-state index in [1.54, 1.807) is 18.2 Å². The topological polar surface area (TPSA) is 72.2 Å². The maximum Gasteiger partial charge on any atom is 0.274 e. The first-order chi connectivity index (χ1) is 8.15. The molecular weight excluding hydrogens is 244 g/mol. The second kappa shape index (κ2) is 6.85. The molecule has 0 spiro atoms. The number of amides is 1. The molecule has 0 unspecified atom stereocenters. The van der Waals surface area contributed by atoms with Crippen LogP contribution in [0, 0.1) is 10.1 Å². The summed E-state index contributed by atoms with van der Waals surface area (Å²) in [7, 11) is 0. The average Bonchev–Trinajstić information content (AvgIpc) is 2.34. The van der Waals surface area contributed by atoms with Crippen LogP contribution in [0.1, 0.15) is 18.4 Å². The van der Waals surface area contributed by atoms with E-state index in [1.807, 2.05) is 0 Å². The van der Waals surface area contributed by atoms with Gasteiger partial charge in [0.15, 0.2) is 0 Å². The van der Waals surface area contributed by atoms with Gasteiger partial charge in [0, 0.05) is 30.5 Å². The summed E-state index contributed by atoms with van der Waals surface area (Å²) >= 11 is 5.46. The van der Waals surface area contributed by atoms with Crippen molar-refractivity contribution in [2.75, 3.05) is 5.88 Å². The molecule has 0 saturated heterocycles. The zero-order valence-corrected chi connectivity index (χ0v) is 9.94. The molecule has 0 atom stereocenters. The smallest absolute Gasteiger partial charge is 0.274 e. The largest absolute Gasteiger partial charge is 0.352 e. The Kier molecular flexibility index (Phi) is 5.42. The van der Waals surface area contributed by atoms with Crippen molar-refractivity contribution in [1.82, 2.24) is 5.32 Å². The third-order valence-electron chi connectivity index (χ3n) is 2.20. The number of alkyl halides is 1. The molecular formula is C11H13ClN2O3. The standard InChI is InChI=1S/C11H13ClN2O3/c12-7-3-6-11(15)13-8-9-4-1-2-5-10(9)14(16)17/h1-2,4-5H,3,6-8H2,(H,13,15). The number of nitrogens with zero attached hydrogens (tertiary/aromatic N) is 1. The monoisotopic (exact) mass is 256 g/mol. The predicted octanol–water partition coefficient (Wildman–Crippen LogP) is 2.23. The van der Waals surface area contributed by atoms with E-state index in [4.69, 9.17) is 11.6 Å². The summed E-state index contributed by atoms with van der Waals surface area (Å²) in [5, 5.41) is 13.3. The minimum Gasteiger partial charge on any atom is -0.352 e. The second-order valence-electron chi connectivity index (χ2n) is 3.46. The average molecular weight is 257 g/mol. The zero-order valence-electron chi connectivity index (χ0n) is 9.19. The molecule has 0 saturated carbocycles. The first kappa shape index (κ1) is 13.4. The molecule has 0 aromatic heterocycles. The SMILES string of the molecule is O=C(CCCCl)NCc1ccccc1[N+](=O)[O-]. The Balaban J connectivity index is 2.57. The Morgan fingerprint density at radius 2 is 2.12 bits per heavy atom. The zero-order chi connectivity index (χ0) is 12.7. The first-order valence-electron chi connectivity index (χ1n) is 5.20. The van der Waals surface area contributed by atoms with E-state index in [0.717, 1.165) is 0 Å². The lowest BCUT2D eigenvalue weighted by Crippen LogP contribution is -2.22. The van der Waals surface area contributed by atoms with E-state index in [9.17, 15) is 14.9 Å². The summed E-state index contributed by atoms with van der Waals surface area (Å²) in [6.07, 6.45) is 0.939. The molecule has 0 heterocycles. The van der Waals surface area contributed by atoms with Crippen molar-refractivity contribution in [3.05, 3.63) is 39.9 Å². The highest BCUT2D eigenvalue weighted by molar-refractivity contribution is 6.17. The highest BCUT2D eigenvalue weighted by Gasteiger charge is 2.12. The third-order valence-corrected chi connectivity index (χ3v) is 2.47. The summed E-state index contributed by atoms with van der Waals surface area (Å²) in [6, 6.07) is 6.34. The molecule has 92 valence electrons. The number of carbonyl (C=O) groups excluding carboxylic acids is 1. The Labute approximate surface area is 104 Å². The van der Waals surface area contributed by atoms with E-state index in [1.165, 1.54) is 6.07 Å². The quantitative estimate of drug-likeness (QED) is 0.482. The van der Waals surface area contributed by atoms with Gasteiger partial charge in [-0.3, -0.25) is 14.9 Å². The summed E-state index contributed by atoms with van der Waals surface area (Å²) in [6.45, 7) is 0.165. The Morgan fingerprint density at radius 1 is 1.41 bits per heavy atom. The number of benzene rings is 1. The fraction of sp³-hybridized carbons (Fsp3) is 0.364. The molecule has 1 aromatic carbocycles. The summed E-state index contributed by atoms with van der Waals surface area (Å²) in [5.74, 6) is 0.280. The van der Waals surface area contributed by atoms with E-state index < -0.39 is 4.92 Å². The van der Waals surface area contributed by atoms with Crippen LogP contribution in [0.25, 0.3) is 0 Å². The van der Waals surface area contributed by atoms with Gasteiger partial charge in [-0.25, -0.2) is 0 Å². The van der Waals surface area contributed by atoms with Crippen LogP contribution >= 0.6 is 11.6 Å². The van der Waals surface area contributed by atoms with Crippen molar-refractivity contribution in [1.29, 1.82) is 0 Å². The molecule has 1 amide bonds. The van der Waals surface area contributed by atoms with Crippen LogP contribution in [0.3, 0.4) is 0 Å². The van der Waals surface area contributed by atoms with Crippen molar-refractivity contribution in [3.63, 3.8) is 0 Å². The molecule has 0 radical (unpaired) electrons. The van der Waals surface area contributed by atoms with Crippen LogP contribution in [0.4, 0.5) is 5.69 Å². The van der Waals surface area contributed by atoms with Gasteiger partial charge in [0.1, 0.15) is 0 Å². The fourth-order valence-corrected chi connectivity index (χ4v) is 1.48. The number of nitro groups is 1. The van der Waals surface area contributed by atoms with E-state index in [-0.39, 0.29) is 18.1 Å². The maximum absolute atomic E-state index is 11.3. The second-order valence-corrected chi connectivity index (χ2v) is 3.83. The van der Waals surface area contributed by atoms with E-state index in [2.05, 4.69) is 5.32 Å². The first-order valence-corrected chi connectivity index (χ1v) is 5.73. The van der Waals surface area contributed by atoms with Gasteiger partial charge in [0.2, 0.25) is 5.91 Å². The predicted molar refractivity (Wildman–Crippen MR) is 64.9 cm³/mol. The summed E-state index contributed by atoms with van der Waals surface area (Å²) in [5.41, 5.74) is 0.516. The Morgan fingerprint density at radius 3 is 2.76 bits per heavy atom. The van der Waals surface area contributed by atoms with Gasteiger partial charge in [-0.05, 0) is 6.42 Å². The van der Waals surface area contributed by atoms with Crippen LogP contribution in [-0.4, -0.2) is 16.7 Å². The molecule has 5 nitrogen and oxygen atoms in total. The third kappa shape index (κ3) is 4.40. The molecule has 0 bridgehead atoms. The van der Waals surface area contributed by atoms with Crippen molar-refractivity contribution in [3.8, 4) is 0 Å². The molecule has 1 rings (SSSR count). The van der Waals surface area contributed by atoms with Gasteiger partial charge in [0.05, 0.1) is 4.92 Å². The van der Waals surface area contributed by atoms with Crippen molar-refractivity contribution >= 4 is 23.2 Å². The number of carbonyl (C=O) groups is 1. The van der Waals surface area contributed by atoms with Gasteiger partial charge >= 0.3 is 0 Å². The lowest BCUT2D eigenvalue weighted by molar-refractivity contribution is -0.385. The minimum absolute atomic E-state index is 0.0187. The number of halogens is 1. The molecule has 0 aliphatic heterocycles. The van der Waals surface area contributed by atoms with Crippen LogP contribution in [0.2, 0.25) is 0 Å². The Bertz CT molecular complexity index is 409. The molecule has 17 heavy (non-hydrogen) atoms. The van der Waals surface area contributed by atoms with Crippen LogP contribution in [-0.2, 0) is 11.3 Å². The van der Waals surface area contributed by atoms with Crippen molar-refractivity contribution < 1.29 is 9.72 Å². The lowest BCUT2D eigenvalue weighted by atomic mass is 10.2. The normalized spacial score (nSPS) is 9.94. The van der Waals surface area contributed by atoms with Crippen molar-refractivity contribution in [2.45, 2.75) is 19.4 Å². The molecule has 1 N–H and O–H groups in total. The van der Waals surface area contributed by atoms with Gasteiger partial charge in [-0.2, -0.15) is 0 Å². The number of para-hydroxylation sites is 1. The molecule has 0 aliphatic rings. The number of hydrogen-bond acceptors (Lipinski definition) is 3. The number of nitrogens with one attached hydrogen (secondary N) is 1. The number of hydrogen-bond donors (Lipinski definition) is 1. The molecule has 1 aromatic rings. The highest BCUT2D eigenvalue weighted by atomic mass is 35.5. The van der Waals surface area contributed by atoms with Gasteiger partial charge in [-0.1, -0.05) is 18.2 Å². The number of nitro benzene ring substituents is 1. The fourth-order valence-electron chi connectivity index (χ4n) is 1.35. The maximum atomic E-state index is 11.3. The Hall–Kier alpha value is -1.62. The van der Waals surface area contributed by atoms with Gasteiger partial charge in [0.25, 0.3) is 5.69 Å². The minimum atomic E-state index is -0.458. The van der Waals surface area contributed by atoms with Gasteiger partial charge < -0.3 is 5.32 Å². The summed E-state index contributed by atoms with van der Waals surface area (Å²) < 4.78 is 0. The highest BCUT2D eigenvalue weighted by Crippen LogP contribution is 2.17. The number of rotatable bonds is 6. The van der Waals surface area contributed by atoms with Crippen LogP contribution in [0.5, 0.6) is 0 Å². The van der Waals surface area contributed by atoms with E-state index >= 15 is 0 Å². The van der Waals surface area contributed by atoms with Crippen LogP contribution in [0.15, 0.2) is 24.3 Å². The summed E-state index contributed by atoms with van der Waals surface area (Å²) in [4.78, 5) is 21.6. The van der Waals surface area contributed by atoms with Gasteiger partial charge in [-0.15, -0.1) is 11.6 Å². The molecule has 0 fully saturated rings. The lowest BCUT2D eigenvalue weighted by Gasteiger charge is -2.05. The molecule has 6 heteroatoms. The van der Waals surface area contributed by atoms with E-state index in [0.29, 0.717) is 24.3 Å².